The van der Waals surface area contributed by atoms with E-state index in [1.54, 1.807) is 27.6 Å². The summed E-state index contributed by atoms with van der Waals surface area (Å²) in [6.45, 7) is 4.31. The van der Waals surface area contributed by atoms with Gasteiger partial charge in [0, 0.05) is 37.7 Å². The van der Waals surface area contributed by atoms with Crippen LogP contribution in [0.25, 0.3) is 5.78 Å². The van der Waals surface area contributed by atoms with Crippen molar-refractivity contribution in [1.29, 1.82) is 0 Å². The molecule has 1 aromatic carbocycles. The van der Waals surface area contributed by atoms with Crippen molar-refractivity contribution in [2.45, 2.75) is 31.6 Å². The van der Waals surface area contributed by atoms with Crippen molar-refractivity contribution in [3.63, 3.8) is 0 Å². The highest BCUT2D eigenvalue weighted by atomic mass is 32.2. The van der Waals surface area contributed by atoms with Crippen LogP contribution in [0.2, 0.25) is 0 Å². The van der Waals surface area contributed by atoms with E-state index in [0.29, 0.717) is 24.6 Å². The minimum absolute atomic E-state index is 0.0546. The summed E-state index contributed by atoms with van der Waals surface area (Å²) < 4.78 is 27.5. The van der Waals surface area contributed by atoms with E-state index in [1.807, 2.05) is 19.9 Å². The number of aromatic nitrogens is 4. The summed E-state index contributed by atoms with van der Waals surface area (Å²) in [5.41, 5.74) is 3.33. The molecule has 4 rings (SSSR count). The highest BCUT2D eigenvalue weighted by Gasteiger charge is 2.28. The summed E-state index contributed by atoms with van der Waals surface area (Å²) in [6.07, 6.45) is 0.662. The second-order valence-corrected chi connectivity index (χ2v) is 9.48. The molecule has 29 heavy (non-hydrogen) atoms. The van der Waals surface area contributed by atoms with Gasteiger partial charge in [-0.15, -0.1) is 5.10 Å². The Morgan fingerprint density at radius 3 is 2.66 bits per heavy atom. The first-order valence-electron chi connectivity index (χ1n) is 9.22. The van der Waals surface area contributed by atoms with Crippen LogP contribution >= 0.6 is 0 Å². The minimum atomic E-state index is -3.51. The number of carbonyl (C=O) groups is 1. The Labute approximate surface area is 169 Å². The van der Waals surface area contributed by atoms with E-state index in [9.17, 15) is 13.2 Å². The van der Waals surface area contributed by atoms with Crippen LogP contribution < -0.4 is 4.90 Å². The van der Waals surface area contributed by atoms with Gasteiger partial charge in [-0.05, 0) is 50.1 Å². The minimum Gasteiger partial charge on any atom is -0.311 e. The Bertz CT molecular complexity index is 1230. The standard InChI is InChI=1S/C19H22N6O3S/c1-12-9-13(2)25-19(20-12)21-17(22-25)11-18(26)24-8-7-14-10-15(5-6-16(14)24)29(27,28)23(3)4/h5-6,9-10H,7-8,11H2,1-4H3. The third-order valence-corrected chi connectivity index (χ3v) is 6.81. The van der Waals surface area contributed by atoms with Crippen molar-refractivity contribution < 1.29 is 13.2 Å². The monoisotopic (exact) mass is 414 g/mol. The van der Waals surface area contributed by atoms with Gasteiger partial charge in [0.1, 0.15) is 0 Å². The van der Waals surface area contributed by atoms with Gasteiger partial charge in [0.2, 0.25) is 15.9 Å². The number of fused-ring (bicyclic) bond motifs is 2. The molecular weight excluding hydrogens is 392 g/mol. The Hall–Kier alpha value is -2.85. The van der Waals surface area contributed by atoms with Gasteiger partial charge in [-0.1, -0.05) is 0 Å². The molecule has 0 N–H and O–H groups in total. The molecule has 0 bridgehead atoms. The van der Waals surface area contributed by atoms with Crippen molar-refractivity contribution in [2.75, 3.05) is 25.5 Å². The Morgan fingerprint density at radius 2 is 1.93 bits per heavy atom. The molecule has 9 nitrogen and oxygen atoms in total. The molecule has 2 aromatic heterocycles. The highest BCUT2D eigenvalue weighted by Crippen LogP contribution is 2.31. The molecule has 1 aliphatic rings. The fourth-order valence-electron chi connectivity index (χ4n) is 3.52. The normalized spacial score (nSPS) is 14.0. The number of rotatable bonds is 4. The van der Waals surface area contributed by atoms with Crippen molar-refractivity contribution >= 4 is 27.4 Å². The molecule has 0 saturated heterocycles. The van der Waals surface area contributed by atoms with E-state index in [-0.39, 0.29) is 17.2 Å². The van der Waals surface area contributed by atoms with E-state index in [4.69, 9.17) is 0 Å². The number of hydrogen-bond donors (Lipinski definition) is 0. The van der Waals surface area contributed by atoms with Crippen molar-refractivity contribution in [3.05, 3.63) is 47.0 Å². The van der Waals surface area contributed by atoms with Gasteiger partial charge in [0.15, 0.2) is 5.82 Å². The van der Waals surface area contributed by atoms with Crippen molar-refractivity contribution in [1.82, 2.24) is 23.9 Å². The number of hydrogen-bond acceptors (Lipinski definition) is 6. The number of nitrogens with zero attached hydrogens (tertiary/aromatic N) is 6. The van der Waals surface area contributed by atoms with Crippen LogP contribution in [-0.4, -0.2) is 58.9 Å². The molecule has 3 heterocycles. The number of aryl methyl sites for hydroxylation is 2. The van der Waals surface area contributed by atoms with Crippen LogP contribution in [0.15, 0.2) is 29.2 Å². The van der Waals surface area contributed by atoms with Gasteiger partial charge in [-0.25, -0.2) is 22.2 Å². The summed E-state index contributed by atoms with van der Waals surface area (Å²) in [7, 11) is -0.510. The maximum absolute atomic E-state index is 12.9. The van der Waals surface area contributed by atoms with Crippen molar-refractivity contribution in [3.8, 4) is 0 Å². The SMILES string of the molecule is Cc1cc(C)n2nc(CC(=O)N3CCc4cc(S(=O)(=O)N(C)C)ccc43)nc2n1. The van der Waals surface area contributed by atoms with Crippen LogP contribution in [0.5, 0.6) is 0 Å². The molecule has 1 amide bonds. The average molecular weight is 414 g/mol. The molecule has 0 aliphatic carbocycles. The molecule has 10 heteroatoms. The first-order chi connectivity index (χ1) is 13.7. The third kappa shape index (κ3) is 3.38. The van der Waals surface area contributed by atoms with Gasteiger partial charge in [-0.3, -0.25) is 4.79 Å². The van der Waals surface area contributed by atoms with Crippen LogP contribution in [0.3, 0.4) is 0 Å². The summed E-state index contributed by atoms with van der Waals surface area (Å²) in [5.74, 6) is 0.763. The molecular formula is C19H22N6O3S. The van der Waals surface area contributed by atoms with Gasteiger partial charge in [0.05, 0.1) is 11.3 Å². The maximum Gasteiger partial charge on any atom is 0.252 e. The van der Waals surface area contributed by atoms with Gasteiger partial charge in [0.25, 0.3) is 5.78 Å². The molecule has 0 radical (unpaired) electrons. The third-order valence-electron chi connectivity index (χ3n) is 5.00. The summed E-state index contributed by atoms with van der Waals surface area (Å²) in [6, 6.07) is 6.79. The molecule has 152 valence electrons. The lowest BCUT2D eigenvalue weighted by Gasteiger charge is -2.17. The number of amides is 1. The van der Waals surface area contributed by atoms with E-state index in [2.05, 4.69) is 15.1 Å². The van der Waals surface area contributed by atoms with Crippen LogP contribution in [0, 0.1) is 13.8 Å². The molecule has 0 unspecified atom stereocenters. The number of sulfonamides is 1. The largest absolute Gasteiger partial charge is 0.311 e. The Kier molecular flexibility index (Phi) is 4.62. The molecule has 0 saturated carbocycles. The predicted molar refractivity (Wildman–Crippen MR) is 107 cm³/mol. The zero-order valence-electron chi connectivity index (χ0n) is 16.7. The van der Waals surface area contributed by atoms with Crippen LogP contribution in [0.1, 0.15) is 22.8 Å². The molecule has 1 aliphatic heterocycles. The molecule has 0 fully saturated rings. The Balaban J connectivity index is 1.58. The predicted octanol–water partition coefficient (Wildman–Crippen LogP) is 1.12. The van der Waals surface area contributed by atoms with Gasteiger partial charge >= 0.3 is 0 Å². The second kappa shape index (κ2) is 6.89. The lowest BCUT2D eigenvalue weighted by molar-refractivity contribution is -0.118. The number of benzene rings is 1. The molecule has 3 aromatic rings. The quantitative estimate of drug-likeness (QED) is 0.634. The second-order valence-electron chi connectivity index (χ2n) is 7.33. The van der Waals surface area contributed by atoms with E-state index in [0.717, 1.165) is 22.6 Å². The smallest absolute Gasteiger partial charge is 0.252 e. The first-order valence-corrected chi connectivity index (χ1v) is 10.7. The fraction of sp³-hybridized carbons (Fsp3) is 0.368. The van der Waals surface area contributed by atoms with Crippen molar-refractivity contribution in [2.24, 2.45) is 0 Å². The number of anilines is 1. The zero-order valence-corrected chi connectivity index (χ0v) is 17.6. The van der Waals surface area contributed by atoms with E-state index < -0.39 is 10.0 Å². The first kappa shape index (κ1) is 19.5. The van der Waals surface area contributed by atoms with Crippen LogP contribution in [0.4, 0.5) is 5.69 Å². The van der Waals surface area contributed by atoms with Gasteiger partial charge < -0.3 is 4.90 Å². The fourth-order valence-corrected chi connectivity index (χ4v) is 4.47. The summed E-state index contributed by atoms with van der Waals surface area (Å²) in [4.78, 5) is 23.5. The Morgan fingerprint density at radius 1 is 1.17 bits per heavy atom. The summed E-state index contributed by atoms with van der Waals surface area (Å²) >= 11 is 0. The van der Waals surface area contributed by atoms with E-state index >= 15 is 0 Å². The summed E-state index contributed by atoms with van der Waals surface area (Å²) in [5, 5.41) is 4.40. The van der Waals surface area contributed by atoms with Gasteiger partial charge in [-0.2, -0.15) is 4.98 Å². The molecule has 0 spiro atoms. The topological polar surface area (TPSA) is 101 Å². The number of carbonyl (C=O) groups excluding carboxylic acids is 1. The molecule has 0 atom stereocenters. The van der Waals surface area contributed by atoms with E-state index in [1.165, 1.54) is 18.4 Å². The van der Waals surface area contributed by atoms with Crippen LogP contribution in [-0.2, 0) is 27.7 Å². The zero-order chi connectivity index (χ0) is 20.9. The average Bonchev–Trinajstić information content (AvgIpc) is 3.24. The maximum atomic E-state index is 12.9. The highest BCUT2D eigenvalue weighted by molar-refractivity contribution is 7.89. The lowest BCUT2D eigenvalue weighted by Crippen LogP contribution is -2.30. The lowest BCUT2D eigenvalue weighted by atomic mass is 10.2.